The summed E-state index contributed by atoms with van der Waals surface area (Å²) in [6.07, 6.45) is -4.30. The molecular weight excluding hydrogens is 226 g/mol. The lowest BCUT2D eigenvalue weighted by Crippen LogP contribution is -2.34. The second-order valence-electron chi connectivity index (χ2n) is 2.57. The molecule has 90 valence electrons. The van der Waals surface area contributed by atoms with E-state index in [9.17, 15) is 19.2 Å². The Labute approximate surface area is 88.7 Å². The van der Waals surface area contributed by atoms with Crippen molar-refractivity contribution in [2.75, 3.05) is 0 Å². The predicted octanol–water partition coefficient (Wildman–Crippen LogP) is -0.464. The Balaban J connectivity index is 3.92. The average molecular weight is 235 g/mol. The van der Waals surface area contributed by atoms with Gasteiger partial charge in [-0.15, -0.1) is 0 Å². The molecule has 1 unspecified atom stereocenters. The van der Waals surface area contributed by atoms with Crippen LogP contribution in [0.2, 0.25) is 0 Å². The number of hydrogen-bond donors (Lipinski definition) is 3. The number of ether oxygens (including phenoxy) is 2. The Morgan fingerprint density at radius 2 is 1.56 bits per heavy atom. The highest BCUT2D eigenvalue weighted by molar-refractivity contribution is 5.85. The zero-order valence-electron chi connectivity index (χ0n) is 7.91. The molecule has 1 atom stereocenters. The van der Waals surface area contributed by atoms with Gasteiger partial charge in [0, 0.05) is 6.42 Å². The lowest BCUT2D eigenvalue weighted by Gasteiger charge is -2.07. The van der Waals surface area contributed by atoms with Gasteiger partial charge in [0.2, 0.25) is 0 Å². The van der Waals surface area contributed by atoms with Crippen LogP contribution in [-0.4, -0.2) is 40.5 Å². The molecule has 4 N–H and O–H groups in total. The molecule has 0 amide bonds. The molecule has 0 rings (SSSR count). The van der Waals surface area contributed by atoms with E-state index in [1.165, 1.54) is 0 Å². The molecule has 0 aromatic carbocycles. The molecular formula is C7H9NO8. The van der Waals surface area contributed by atoms with E-state index in [2.05, 4.69) is 9.47 Å². The molecule has 0 aromatic rings. The van der Waals surface area contributed by atoms with E-state index in [0.717, 1.165) is 0 Å². The van der Waals surface area contributed by atoms with E-state index in [-0.39, 0.29) is 6.42 Å². The van der Waals surface area contributed by atoms with Gasteiger partial charge in [-0.1, -0.05) is 0 Å². The van der Waals surface area contributed by atoms with Crippen LogP contribution in [0.25, 0.3) is 0 Å². The van der Waals surface area contributed by atoms with E-state index < -0.39 is 36.7 Å². The number of nitrogens with two attached hydrogens (primary N) is 1. The third-order valence-corrected chi connectivity index (χ3v) is 1.35. The first-order valence-corrected chi connectivity index (χ1v) is 3.96. The van der Waals surface area contributed by atoms with Gasteiger partial charge in [-0.3, -0.25) is 4.79 Å². The maximum atomic E-state index is 10.8. The summed E-state index contributed by atoms with van der Waals surface area (Å²) in [5, 5.41) is 16.1. The fourth-order valence-electron chi connectivity index (χ4n) is 0.701. The summed E-state index contributed by atoms with van der Waals surface area (Å²) >= 11 is 0. The van der Waals surface area contributed by atoms with Gasteiger partial charge in [-0.25, -0.2) is 14.4 Å². The van der Waals surface area contributed by atoms with E-state index in [0.29, 0.717) is 0 Å². The minimum atomic E-state index is -1.81. The van der Waals surface area contributed by atoms with Crippen molar-refractivity contribution in [3.05, 3.63) is 0 Å². The number of rotatable bonds is 4. The van der Waals surface area contributed by atoms with Crippen molar-refractivity contribution in [1.29, 1.82) is 0 Å². The normalized spacial score (nSPS) is 11.3. The van der Waals surface area contributed by atoms with Crippen molar-refractivity contribution >= 4 is 24.2 Å². The third kappa shape index (κ3) is 6.32. The lowest BCUT2D eigenvalue weighted by molar-refractivity contribution is -0.141. The molecule has 9 nitrogen and oxygen atoms in total. The van der Waals surface area contributed by atoms with E-state index in [1.807, 2.05) is 0 Å². The van der Waals surface area contributed by atoms with Gasteiger partial charge in [0.25, 0.3) is 0 Å². The van der Waals surface area contributed by atoms with Crippen LogP contribution in [0.3, 0.4) is 0 Å². The van der Waals surface area contributed by atoms with Crippen LogP contribution in [-0.2, 0) is 19.1 Å². The van der Waals surface area contributed by atoms with Crippen LogP contribution < -0.4 is 5.73 Å². The smallest absolute Gasteiger partial charge is 0.449 e. The Morgan fingerprint density at radius 3 is 2.00 bits per heavy atom. The first-order valence-electron chi connectivity index (χ1n) is 3.96. The maximum absolute atomic E-state index is 10.8. The van der Waals surface area contributed by atoms with Crippen LogP contribution in [0.1, 0.15) is 12.8 Å². The van der Waals surface area contributed by atoms with Gasteiger partial charge < -0.3 is 25.4 Å². The van der Waals surface area contributed by atoms with Crippen LogP contribution in [0.5, 0.6) is 0 Å². The largest absolute Gasteiger partial charge is 0.513 e. The predicted molar refractivity (Wildman–Crippen MR) is 45.4 cm³/mol. The van der Waals surface area contributed by atoms with Crippen molar-refractivity contribution in [3.63, 3.8) is 0 Å². The average Bonchev–Trinajstić information content (AvgIpc) is 2.11. The molecule has 0 radical (unpaired) electrons. The molecule has 16 heavy (non-hydrogen) atoms. The quantitative estimate of drug-likeness (QED) is 0.433. The van der Waals surface area contributed by atoms with Gasteiger partial charge >= 0.3 is 24.2 Å². The van der Waals surface area contributed by atoms with E-state index in [1.54, 1.807) is 0 Å². The fraction of sp³-hybridized carbons (Fsp3) is 0.429. The fourth-order valence-corrected chi connectivity index (χ4v) is 0.701. The highest BCUT2D eigenvalue weighted by Crippen LogP contribution is 1.99. The second kappa shape index (κ2) is 6.35. The third-order valence-electron chi connectivity index (χ3n) is 1.35. The van der Waals surface area contributed by atoms with Crippen LogP contribution in [0.4, 0.5) is 9.59 Å². The second-order valence-corrected chi connectivity index (χ2v) is 2.57. The summed E-state index contributed by atoms with van der Waals surface area (Å²) in [7, 11) is 0. The Bertz CT molecular complexity index is 312. The van der Waals surface area contributed by atoms with Crippen molar-refractivity contribution in [2.45, 2.75) is 18.9 Å². The standard InChI is InChI=1S/C7H9NO8/c8-3(5(10)16-7(13)14)1-2-4(9)15-6(11)12/h3H,1-2,8H2,(H,11,12)(H,13,14). The molecule has 0 saturated heterocycles. The van der Waals surface area contributed by atoms with E-state index >= 15 is 0 Å². The summed E-state index contributed by atoms with van der Waals surface area (Å²) in [6, 6.07) is -1.34. The summed E-state index contributed by atoms with van der Waals surface area (Å²) < 4.78 is 7.42. The van der Waals surface area contributed by atoms with Crippen LogP contribution in [0.15, 0.2) is 0 Å². The minimum Gasteiger partial charge on any atom is -0.449 e. The number of esters is 2. The molecule has 0 aliphatic rings. The molecule has 0 fully saturated rings. The molecule has 0 aromatic heterocycles. The number of carbonyl (C=O) groups is 4. The molecule has 0 aliphatic carbocycles. The molecule has 9 heteroatoms. The maximum Gasteiger partial charge on any atom is 0.513 e. The molecule has 0 heterocycles. The SMILES string of the molecule is NC(CCC(=O)OC(=O)O)C(=O)OC(=O)O. The number of hydrogen-bond acceptors (Lipinski definition) is 7. The number of carboxylic acid groups (broad SMARTS) is 2. The molecule has 0 saturated carbocycles. The van der Waals surface area contributed by atoms with Crippen molar-refractivity contribution < 1.29 is 38.9 Å². The van der Waals surface area contributed by atoms with E-state index in [4.69, 9.17) is 15.9 Å². The lowest BCUT2D eigenvalue weighted by atomic mass is 10.2. The van der Waals surface area contributed by atoms with Crippen molar-refractivity contribution in [2.24, 2.45) is 5.73 Å². The first kappa shape index (κ1) is 13.8. The Kier molecular flexibility index (Phi) is 5.49. The number of carbonyl (C=O) groups excluding carboxylic acids is 2. The summed E-state index contributed by atoms with van der Waals surface area (Å²) in [5.74, 6) is -2.32. The monoisotopic (exact) mass is 235 g/mol. The minimum absolute atomic E-state index is 0.280. The van der Waals surface area contributed by atoms with Gasteiger partial charge in [0.05, 0.1) is 0 Å². The topological polar surface area (TPSA) is 153 Å². The van der Waals surface area contributed by atoms with Gasteiger partial charge in [0.15, 0.2) is 0 Å². The zero-order valence-corrected chi connectivity index (χ0v) is 7.91. The summed E-state index contributed by atoms with van der Waals surface area (Å²) in [5.41, 5.74) is 5.15. The van der Waals surface area contributed by atoms with Gasteiger partial charge in [0.1, 0.15) is 6.04 Å². The van der Waals surface area contributed by atoms with Crippen LogP contribution in [0, 0.1) is 0 Å². The Hall–Kier alpha value is -2.16. The molecule has 0 spiro atoms. The van der Waals surface area contributed by atoms with Crippen molar-refractivity contribution in [3.8, 4) is 0 Å². The van der Waals surface area contributed by atoms with Gasteiger partial charge in [-0.2, -0.15) is 0 Å². The summed E-state index contributed by atoms with van der Waals surface area (Å²) in [6.45, 7) is 0. The highest BCUT2D eigenvalue weighted by atomic mass is 16.7. The van der Waals surface area contributed by atoms with Crippen LogP contribution >= 0.6 is 0 Å². The highest BCUT2D eigenvalue weighted by Gasteiger charge is 2.20. The Morgan fingerprint density at radius 1 is 1.06 bits per heavy atom. The zero-order chi connectivity index (χ0) is 12.7. The molecule has 0 aliphatic heterocycles. The molecule has 0 bridgehead atoms. The van der Waals surface area contributed by atoms with Crippen molar-refractivity contribution in [1.82, 2.24) is 0 Å². The summed E-state index contributed by atoms with van der Waals surface area (Å²) in [4.78, 5) is 41.3. The van der Waals surface area contributed by atoms with Gasteiger partial charge in [-0.05, 0) is 6.42 Å². The first-order chi connectivity index (χ1) is 7.32.